The van der Waals surface area contributed by atoms with Crippen LogP contribution in [0.4, 0.5) is 0 Å². The maximum atomic E-state index is 12.6. The molecule has 4 heteroatoms. The van der Waals surface area contributed by atoms with E-state index in [2.05, 4.69) is 5.32 Å². The molecule has 4 nitrogen and oxygen atoms in total. The van der Waals surface area contributed by atoms with Crippen LogP contribution in [0.5, 0.6) is 0 Å². The molecule has 0 saturated carbocycles. The van der Waals surface area contributed by atoms with Crippen molar-refractivity contribution in [2.45, 2.75) is 39.2 Å². The van der Waals surface area contributed by atoms with Crippen LogP contribution in [0.3, 0.4) is 0 Å². The molecule has 3 rings (SSSR count). The number of benzene rings is 2. The van der Waals surface area contributed by atoms with Crippen LogP contribution in [-0.2, 0) is 11.2 Å². The van der Waals surface area contributed by atoms with Gasteiger partial charge in [0.05, 0.1) is 6.42 Å². The predicted octanol–water partition coefficient (Wildman–Crippen LogP) is 3.27. The minimum absolute atomic E-state index is 0.0206. The van der Waals surface area contributed by atoms with Gasteiger partial charge in [0.2, 0.25) is 5.91 Å². The second kappa shape index (κ2) is 8.17. The number of nitrogens with one attached hydrogen (secondary N) is 1. The Morgan fingerprint density at radius 3 is 2.23 bits per heavy atom. The number of aryl methyl sites for hydroxylation is 2. The third-order valence-electron chi connectivity index (χ3n) is 5.18. The van der Waals surface area contributed by atoms with Crippen molar-refractivity contribution in [1.29, 1.82) is 0 Å². The summed E-state index contributed by atoms with van der Waals surface area (Å²) in [4.78, 5) is 26.9. The molecule has 26 heavy (non-hydrogen) atoms. The Morgan fingerprint density at radius 2 is 1.58 bits per heavy atom. The van der Waals surface area contributed by atoms with Gasteiger partial charge in [0.15, 0.2) is 0 Å². The van der Waals surface area contributed by atoms with Crippen LogP contribution in [0, 0.1) is 13.8 Å². The van der Waals surface area contributed by atoms with Crippen LogP contribution in [0.25, 0.3) is 0 Å². The van der Waals surface area contributed by atoms with Gasteiger partial charge in [-0.1, -0.05) is 42.5 Å². The van der Waals surface area contributed by atoms with Crippen LogP contribution >= 0.6 is 0 Å². The molecule has 0 unspecified atom stereocenters. The first kappa shape index (κ1) is 18.2. The summed E-state index contributed by atoms with van der Waals surface area (Å²) in [5.41, 5.74) is 3.95. The van der Waals surface area contributed by atoms with Gasteiger partial charge in [-0.05, 0) is 49.4 Å². The number of carbonyl (C=O) groups excluding carboxylic acids is 2. The summed E-state index contributed by atoms with van der Waals surface area (Å²) in [6.45, 7) is 5.38. The smallest absolute Gasteiger partial charge is 0.251 e. The summed E-state index contributed by atoms with van der Waals surface area (Å²) in [5, 5.41) is 3.12. The summed E-state index contributed by atoms with van der Waals surface area (Å²) in [5.74, 6) is 0.149. The highest BCUT2D eigenvalue weighted by Crippen LogP contribution is 2.15. The molecule has 1 aliphatic heterocycles. The van der Waals surface area contributed by atoms with Crippen LogP contribution in [-0.4, -0.2) is 35.8 Å². The number of carbonyl (C=O) groups is 2. The maximum Gasteiger partial charge on any atom is 0.251 e. The minimum Gasteiger partial charge on any atom is -0.349 e. The Labute approximate surface area is 155 Å². The number of amides is 2. The molecule has 1 fully saturated rings. The topological polar surface area (TPSA) is 49.4 Å². The van der Waals surface area contributed by atoms with Crippen molar-refractivity contribution in [2.24, 2.45) is 0 Å². The summed E-state index contributed by atoms with van der Waals surface area (Å²) in [6.07, 6.45) is 2.06. The minimum atomic E-state index is -0.0206. The van der Waals surface area contributed by atoms with Crippen molar-refractivity contribution in [3.8, 4) is 0 Å². The number of hydrogen-bond acceptors (Lipinski definition) is 2. The van der Waals surface area contributed by atoms with Gasteiger partial charge in [-0.2, -0.15) is 0 Å². The van der Waals surface area contributed by atoms with Gasteiger partial charge < -0.3 is 10.2 Å². The van der Waals surface area contributed by atoms with Gasteiger partial charge >= 0.3 is 0 Å². The first-order chi connectivity index (χ1) is 12.5. The highest BCUT2D eigenvalue weighted by Gasteiger charge is 2.24. The molecule has 0 aromatic heterocycles. The molecule has 1 aliphatic rings. The highest BCUT2D eigenvalue weighted by molar-refractivity contribution is 5.95. The molecule has 1 saturated heterocycles. The van der Waals surface area contributed by atoms with E-state index in [9.17, 15) is 9.59 Å². The zero-order valence-electron chi connectivity index (χ0n) is 15.5. The molecule has 0 bridgehead atoms. The van der Waals surface area contributed by atoms with Crippen molar-refractivity contribution in [1.82, 2.24) is 10.2 Å². The zero-order valence-corrected chi connectivity index (χ0v) is 15.5. The normalized spacial score (nSPS) is 14.9. The van der Waals surface area contributed by atoms with Crippen LogP contribution < -0.4 is 5.32 Å². The second-order valence-corrected chi connectivity index (χ2v) is 7.05. The molecule has 0 spiro atoms. The molecule has 2 aromatic rings. The third kappa shape index (κ3) is 4.31. The van der Waals surface area contributed by atoms with Gasteiger partial charge in [0.1, 0.15) is 0 Å². The average Bonchev–Trinajstić information content (AvgIpc) is 2.64. The van der Waals surface area contributed by atoms with Gasteiger partial charge in [0, 0.05) is 24.7 Å². The lowest BCUT2D eigenvalue weighted by molar-refractivity contribution is -0.131. The molecule has 2 amide bonds. The zero-order chi connectivity index (χ0) is 18.5. The molecule has 1 heterocycles. The van der Waals surface area contributed by atoms with E-state index in [1.165, 1.54) is 0 Å². The van der Waals surface area contributed by atoms with Crippen LogP contribution in [0.1, 0.15) is 39.9 Å². The van der Waals surface area contributed by atoms with Crippen molar-refractivity contribution in [3.05, 3.63) is 70.8 Å². The van der Waals surface area contributed by atoms with Gasteiger partial charge in [-0.15, -0.1) is 0 Å². The Hall–Kier alpha value is -2.62. The molecule has 136 valence electrons. The van der Waals surface area contributed by atoms with E-state index in [1.807, 2.05) is 67.3 Å². The van der Waals surface area contributed by atoms with Gasteiger partial charge in [0.25, 0.3) is 5.91 Å². The van der Waals surface area contributed by atoms with Crippen molar-refractivity contribution in [3.63, 3.8) is 0 Å². The van der Waals surface area contributed by atoms with Gasteiger partial charge in [-0.3, -0.25) is 9.59 Å². The Kier molecular flexibility index (Phi) is 5.71. The number of piperidine rings is 1. The van der Waals surface area contributed by atoms with E-state index in [-0.39, 0.29) is 17.9 Å². The Morgan fingerprint density at radius 1 is 0.962 bits per heavy atom. The number of nitrogens with zero attached hydrogens (tertiary/aromatic N) is 1. The fourth-order valence-electron chi connectivity index (χ4n) is 3.45. The second-order valence-electron chi connectivity index (χ2n) is 7.05. The summed E-state index contributed by atoms with van der Waals surface area (Å²) < 4.78 is 0. The Bertz CT molecular complexity index is 792. The summed E-state index contributed by atoms with van der Waals surface area (Å²) in [6, 6.07) is 15.8. The maximum absolute atomic E-state index is 12.6. The standard InChI is InChI=1S/C22H26N2O2/c1-16-7-3-5-9-18(16)15-21(25)24-13-11-19(12-14-24)23-22(26)20-10-6-4-8-17(20)2/h3-10,19H,11-15H2,1-2H3,(H,23,26). The lowest BCUT2D eigenvalue weighted by atomic mass is 10.0. The first-order valence-electron chi connectivity index (χ1n) is 9.23. The molecule has 0 radical (unpaired) electrons. The fraction of sp³-hybridized carbons (Fsp3) is 0.364. The van der Waals surface area contributed by atoms with E-state index < -0.39 is 0 Å². The average molecular weight is 350 g/mol. The van der Waals surface area contributed by atoms with Crippen molar-refractivity contribution >= 4 is 11.8 Å². The van der Waals surface area contributed by atoms with E-state index in [0.29, 0.717) is 19.5 Å². The van der Waals surface area contributed by atoms with E-state index in [0.717, 1.165) is 35.1 Å². The quantitative estimate of drug-likeness (QED) is 0.920. The van der Waals surface area contributed by atoms with Crippen molar-refractivity contribution < 1.29 is 9.59 Å². The van der Waals surface area contributed by atoms with Crippen molar-refractivity contribution in [2.75, 3.05) is 13.1 Å². The third-order valence-corrected chi connectivity index (χ3v) is 5.18. The predicted molar refractivity (Wildman–Crippen MR) is 103 cm³/mol. The SMILES string of the molecule is Cc1ccccc1CC(=O)N1CCC(NC(=O)c2ccccc2C)CC1. The lowest BCUT2D eigenvalue weighted by Gasteiger charge is -2.32. The lowest BCUT2D eigenvalue weighted by Crippen LogP contribution is -2.47. The molecular formula is C22H26N2O2. The highest BCUT2D eigenvalue weighted by atomic mass is 16.2. The first-order valence-corrected chi connectivity index (χ1v) is 9.23. The fourth-order valence-corrected chi connectivity index (χ4v) is 3.45. The molecule has 2 aromatic carbocycles. The van der Waals surface area contributed by atoms with E-state index >= 15 is 0 Å². The number of hydrogen-bond donors (Lipinski definition) is 1. The summed E-state index contributed by atoms with van der Waals surface area (Å²) in [7, 11) is 0. The Balaban J connectivity index is 1.51. The summed E-state index contributed by atoms with van der Waals surface area (Å²) >= 11 is 0. The van der Waals surface area contributed by atoms with Crippen LogP contribution in [0.15, 0.2) is 48.5 Å². The molecule has 1 N–H and O–H groups in total. The van der Waals surface area contributed by atoms with Crippen LogP contribution in [0.2, 0.25) is 0 Å². The number of likely N-dealkylation sites (tertiary alicyclic amines) is 1. The number of rotatable bonds is 4. The molecule has 0 aliphatic carbocycles. The molecule has 0 atom stereocenters. The van der Waals surface area contributed by atoms with E-state index in [4.69, 9.17) is 0 Å². The molecular weight excluding hydrogens is 324 g/mol. The largest absolute Gasteiger partial charge is 0.349 e. The van der Waals surface area contributed by atoms with Gasteiger partial charge in [-0.25, -0.2) is 0 Å². The van der Waals surface area contributed by atoms with E-state index in [1.54, 1.807) is 0 Å². The monoisotopic (exact) mass is 350 g/mol.